The Morgan fingerprint density at radius 3 is 2.59 bits per heavy atom. The Hall–Kier alpha value is -1.57. The number of hydrogen-bond donors (Lipinski definition) is 1. The standard InChI is InChI=1S/C18H23Cl2N3O3S/c1-3-5-6-9-27(25,26)22-18(24)23-12-21-16(4-2)17(23)10-13-7-8-14(19)11-15(13)20/h7-8,11-12H,3-6,9-10H2,1-2H3,(H,22,24). The Labute approximate surface area is 169 Å². The van der Waals surface area contributed by atoms with E-state index in [4.69, 9.17) is 23.2 Å². The summed E-state index contributed by atoms with van der Waals surface area (Å²) in [5.74, 6) is -0.0831. The average Bonchev–Trinajstić information content (AvgIpc) is 3.00. The maximum atomic E-state index is 12.6. The summed E-state index contributed by atoms with van der Waals surface area (Å²) < 4.78 is 27.6. The topological polar surface area (TPSA) is 81.1 Å². The second kappa shape index (κ2) is 9.57. The van der Waals surface area contributed by atoms with Crippen molar-refractivity contribution in [3.63, 3.8) is 0 Å². The summed E-state index contributed by atoms with van der Waals surface area (Å²) in [5, 5.41) is 0.994. The summed E-state index contributed by atoms with van der Waals surface area (Å²) >= 11 is 12.2. The highest BCUT2D eigenvalue weighted by molar-refractivity contribution is 7.90. The Morgan fingerprint density at radius 2 is 1.96 bits per heavy atom. The Balaban J connectivity index is 2.25. The smallest absolute Gasteiger partial charge is 0.254 e. The lowest BCUT2D eigenvalue weighted by Gasteiger charge is -2.12. The van der Waals surface area contributed by atoms with Gasteiger partial charge in [0, 0.05) is 16.5 Å². The molecule has 9 heteroatoms. The Bertz CT molecular complexity index is 911. The number of carbonyl (C=O) groups is 1. The van der Waals surface area contributed by atoms with Crippen molar-refractivity contribution in [2.45, 2.75) is 46.0 Å². The third kappa shape index (κ3) is 5.96. The highest BCUT2D eigenvalue weighted by atomic mass is 35.5. The van der Waals surface area contributed by atoms with Crippen LogP contribution in [0.5, 0.6) is 0 Å². The van der Waals surface area contributed by atoms with Gasteiger partial charge in [-0.3, -0.25) is 4.57 Å². The molecule has 1 aromatic carbocycles. The number of nitrogens with zero attached hydrogens (tertiary/aromatic N) is 2. The van der Waals surface area contributed by atoms with Crippen LogP contribution in [0.25, 0.3) is 0 Å². The fourth-order valence-corrected chi connectivity index (χ4v) is 4.21. The fourth-order valence-electron chi connectivity index (χ4n) is 2.69. The van der Waals surface area contributed by atoms with Gasteiger partial charge >= 0.3 is 6.03 Å². The molecule has 0 aliphatic heterocycles. The molecule has 2 rings (SSSR count). The molecule has 148 valence electrons. The van der Waals surface area contributed by atoms with E-state index in [2.05, 4.69) is 9.71 Å². The largest absolute Gasteiger partial charge is 0.340 e. The van der Waals surface area contributed by atoms with Crippen LogP contribution < -0.4 is 4.72 Å². The summed E-state index contributed by atoms with van der Waals surface area (Å²) in [6.07, 6.45) is 4.48. The van der Waals surface area contributed by atoms with Crippen LogP contribution in [-0.4, -0.2) is 29.8 Å². The van der Waals surface area contributed by atoms with Crippen LogP contribution in [0, 0.1) is 0 Å². The summed E-state index contributed by atoms with van der Waals surface area (Å²) in [4.78, 5) is 16.8. The van der Waals surface area contributed by atoms with Crippen LogP contribution >= 0.6 is 23.2 Å². The second-order valence-corrected chi connectivity index (χ2v) is 8.89. The van der Waals surface area contributed by atoms with E-state index >= 15 is 0 Å². The van der Waals surface area contributed by atoms with Gasteiger partial charge in [-0.15, -0.1) is 0 Å². The molecule has 0 fully saturated rings. The molecule has 1 N–H and O–H groups in total. The van der Waals surface area contributed by atoms with Crippen LogP contribution in [0.1, 0.15) is 50.1 Å². The molecule has 27 heavy (non-hydrogen) atoms. The van der Waals surface area contributed by atoms with Crippen molar-refractivity contribution in [1.82, 2.24) is 14.3 Å². The normalized spacial score (nSPS) is 11.6. The maximum Gasteiger partial charge on any atom is 0.340 e. The zero-order valence-electron chi connectivity index (χ0n) is 15.3. The van der Waals surface area contributed by atoms with E-state index in [1.165, 1.54) is 10.9 Å². The highest BCUT2D eigenvalue weighted by Crippen LogP contribution is 2.24. The second-order valence-electron chi connectivity index (χ2n) is 6.21. The molecule has 0 aliphatic carbocycles. The molecule has 0 atom stereocenters. The van der Waals surface area contributed by atoms with Gasteiger partial charge in [-0.1, -0.05) is 56.0 Å². The van der Waals surface area contributed by atoms with Crippen LogP contribution in [0.15, 0.2) is 24.5 Å². The molecular formula is C18H23Cl2N3O3S. The molecule has 0 saturated heterocycles. The number of sulfonamides is 1. The van der Waals surface area contributed by atoms with E-state index < -0.39 is 16.1 Å². The van der Waals surface area contributed by atoms with Crippen LogP contribution in [0.3, 0.4) is 0 Å². The summed E-state index contributed by atoms with van der Waals surface area (Å²) in [6.45, 7) is 3.90. The SMILES string of the molecule is CCCCCS(=O)(=O)NC(=O)n1cnc(CC)c1Cc1ccc(Cl)cc1Cl. The summed E-state index contributed by atoms with van der Waals surface area (Å²) in [5.41, 5.74) is 2.08. The number of carbonyl (C=O) groups excluding carboxylic acids is 1. The number of aromatic nitrogens is 2. The van der Waals surface area contributed by atoms with Gasteiger partial charge in [0.2, 0.25) is 10.0 Å². The minimum absolute atomic E-state index is 0.0831. The van der Waals surface area contributed by atoms with Crippen molar-refractivity contribution >= 4 is 39.3 Å². The van der Waals surface area contributed by atoms with E-state index in [-0.39, 0.29) is 5.75 Å². The minimum Gasteiger partial charge on any atom is -0.254 e. The minimum atomic E-state index is -3.69. The van der Waals surface area contributed by atoms with Crippen LogP contribution in [0.2, 0.25) is 10.0 Å². The third-order valence-electron chi connectivity index (χ3n) is 4.14. The highest BCUT2D eigenvalue weighted by Gasteiger charge is 2.21. The molecule has 0 spiro atoms. The van der Waals surface area contributed by atoms with Crippen molar-refractivity contribution in [1.29, 1.82) is 0 Å². The number of imidazole rings is 1. The number of rotatable bonds is 8. The number of benzene rings is 1. The molecular weight excluding hydrogens is 409 g/mol. The zero-order chi connectivity index (χ0) is 20.0. The molecule has 0 aliphatic rings. The Kier molecular flexibility index (Phi) is 7.70. The maximum absolute atomic E-state index is 12.6. The lowest BCUT2D eigenvalue weighted by molar-refractivity contribution is 0.246. The van der Waals surface area contributed by atoms with E-state index in [9.17, 15) is 13.2 Å². The average molecular weight is 432 g/mol. The zero-order valence-corrected chi connectivity index (χ0v) is 17.7. The molecule has 1 heterocycles. The monoisotopic (exact) mass is 431 g/mol. The predicted octanol–water partition coefficient (Wildman–Crippen LogP) is 4.42. The van der Waals surface area contributed by atoms with Gasteiger partial charge in [-0.05, 0) is 30.5 Å². The van der Waals surface area contributed by atoms with Gasteiger partial charge < -0.3 is 0 Å². The number of hydrogen-bond acceptors (Lipinski definition) is 4. The van der Waals surface area contributed by atoms with Crippen molar-refractivity contribution in [3.05, 3.63) is 51.5 Å². The van der Waals surface area contributed by atoms with Gasteiger partial charge in [0.15, 0.2) is 0 Å². The number of halogens is 2. The molecule has 1 amide bonds. The number of nitrogens with one attached hydrogen (secondary N) is 1. The van der Waals surface area contributed by atoms with Gasteiger partial charge in [0.1, 0.15) is 6.33 Å². The van der Waals surface area contributed by atoms with Gasteiger partial charge in [0.25, 0.3) is 0 Å². The molecule has 0 radical (unpaired) electrons. The summed E-state index contributed by atoms with van der Waals surface area (Å²) in [6, 6.07) is 4.39. The molecule has 0 bridgehead atoms. The van der Waals surface area contributed by atoms with E-state index in [0.29, 0.717) is 40.7 Å². The Morgan fingerprint density at radius 1 is 1.22 bits per heavy atom. The predicted molar refractivity (Wildman–Crippen MR) is 108 cm³/mol. The first-order valence-electron chi connectivity index (χ1n) is 8.81. The number of unbranched alkanes of at least 4 members (excludes halogenated alkanes) is 2. The molecule has 0 saturated carbocycles. The fraction of sp³-hybridized carbons (Fsp3) is 0.444. The molecule has 6 nitrogen and oxygen atoms in total. The first kappa shape index (κ1) is 21.7. The molecule has 1 aromatic heterocycles. The van der Waals surface area contributed by atoms with Crippen LogP contribution in [-0.2, 0) is 22.9 Å². The van der Waals surface area contributed by atoms with Gasteiger partial charge in [0.05, 0.1) is 17.1 Å². The first-order chi connectivity index (χ1) is 12.8. The van der Waals surface area contributed by atoms with Gasteiger partial charge in [-0.2, -0.15) is 0 Å². The van der Waals surface area contributed by atoms with Crippen molar-refractivity contribution in [3.8, 4) is 0 Å². The lowest BCUT2D eigenvalue weighted by atomic mass is 10.1. The number of amides is 1. The molecule has 0 unspecified atom stereocenters. The third-order valence-corrected chi connectivity index (χ3v) is 6.04. The van der Waals surface area contributed by atoms with Crippen LogP contribution in [0.4, 0.5) is 4.79 Å². The molecule has 2 aromatic rings. The quantitative estimate of drug-likeness (QED) is 0.626. The van der Waals surface area contributed by atoms with Crippen molar-refractivity contribution in [2.75, 3.05) is 5.75 Å². The van der Waals surface area contributed by atoms with Gasteiger partial charge in [-0.25, -0.2) is 22.9 Å². The van der Waals surface area contributed by atoms with E-state index in [1.54, 1.807) is 18.2 Å². The number of aryl methyl sites for hydroxylation is 1. The van der Waals surface area contributed by atoms with Crippen molar-refractivity contribution in [2.24, 2.45) is 0 Å². The first-order valence-corrected chi connectivity index (χ1v) is 11.2. The lowest BCUT2D eigenvalue weighted by Crippen LogP contribution is -2.36. The summed E-state index contributed by atoms with van der Waals surface area (Å²) in [7, 11) is -3.69. The van der Waals surface area contributed by atoms with E-state index in [1.807, 2.05) is 13.8 Å². The van der Waals surface area contributed by atoms with E-state index in [0.717, 1.165) is 18.4 Å². The van der Waals surface area contributed by atoms with Crippen molar-refractivity contribution < 1.29 is 13.2 Å².